The molecule has 19 heavy (non-hydrogen) atoms. The highest BCUT2D eigenvalue weighted by molar-refractivity contribution is 5.34. The van der Waals surface area contributed by atoms with Crippen LogP contribution in [0, 0.1) is 10.1 Å². The van der Waals surface area contributed by atoms with Gasteiger partial charge in [0.1, 0.15) is 0 Å². The lowest BCUT2D eigenvalue weighted by atomic mass is 10.1. The van der Waals surface area contributed by atoms with Crippen LogP contribution >= 0.6 is 0 Å². The zero-order chi connectivity index (χ0) is 13.7. The molecule has 0 fully saturated rings. The van der Waals surface area contributed by atoms with Gasteiger partial charge in [0.15, 0.2) is 0 Å². The van der Waals surface area contributed by atoms with Crippen LogP contribution in [0.15, 0.2) is 48.7 Å². The molecule has 0 spiro atoms. The van der Waals surface area contributed by atoms with Crippen molar-refractivity contribution in [2.45, 2.75) is 19.5 Å². The van der Waals surface area contributed by atoms with Gasteiger partial charge in [-0.1, -0.05) is 18.2 Å². The molecule has 0 saturated heterocycles. The van der Waals surface area contributed by atoms with Gasteiger partial charge in [-0.25, -0.2) is 0 Å². The van der Waals surface area contributed by atoms with Crippen LogP contribution in [-0.2, 0) is 6.54 Å². The fourth-order valence-electron chi connectivity index (χ4n) is 1.79. The van der Waals surface area contributed by atoms with Gasteiger partial charge in [-0.2, -0.15) is 0 Å². The van der Waals surface area contributed by atoms with Crippen LogP contribution in [0.4, 0.5) is 5.69 Å². The molecule has 0 saturated carbocycles. The van der Waals surface area contributed by atoms with Crippen molar-refractivity contribution in [1.29, 1.82) is 0 Å². The molecule has 1 aromatic heterocycles. The van der Waals surface area contributed by atoms with E-state index in [1.165, 1.54) is 6.07 Å². The molecule has 0 aliphatic carbocycles. The highest BCUT2D eigenvalue weighted by Gasteiger charge is 2.08. The highest BCUT2D eigenvalue weighted by Crippen LogP contribution is 2.14. The van der Waals surface area contributed by atoms with Gasteiger partial charge in [-0.05, 0) is 24.6 Å². The molecule has 0 amide bonds. The van der Waals surface area contributed by atoms with Gasteiger partial charge in [0, 0.05) is 30.9 Å². The monoisotopic (exact) mass is 257 g/mol. The molecule has 1 heterocycles. The Morgan fingerprint density at radius 1 is 1.32 bits per heavy atom. The van der Waals surface area contributed by atoms with E-state index in [1.807, 2.05) is 31.2 Å². The van der Waals surface area contributed by atoms with Crippen molar-refractivity contribution in [3.05, 3.63) is 70.0 Å². The maximum atomic E-state index is 10.7. The van der Waals surface area contributed by atoms with Crippen molar-refractivity contribution in [3.63, 3.8) is 0 Å². The molecule has 1 aromatic carbocycles. The quantitative estimate of drug-likeness (QED) is 0.660. The number of rotatable bonds is 5. The largest absolute Gasteiger partial charge is 0.305 e. The average Bonchev–Trinajstić information content (AvgIpc) is 2.46. The number of benzene rings is 1. The van der Waals surface area contributed by atoms with Gasteiger partial charge in [-0.3, -0.25) is 15.1 Å². The molecule has 0 radical (unpaired) electrons. The molecule has 2 rings (SSSR count). The molecule has 5 heteroatoms. The Bertz CT molecular complexity index is 558. The Balaban J connectivity index is 1.99. The van der Waals surface area contributed by atoms with E-state index < -0.39 is 0 Å². The number of nitrogens with zero attached hydrogens (tertiary/aromatic N) is 2. The summed E-state index contributed by atoms with van der Waals surface area (Å²) in [6.45, 7) is 2.58. The number of aromatic nitrogens is 1. The summed E-state index contributed by atoms with van der Waals surface area (Å²) in [6, 6.07) is 12.5. The van der Waals surface area contributed by atoms with Crippen molar-refractivity contribution in [2.24, 2.45) is 0 Å². The Kier molecular flexibility index (Phi) is 4.20. The molecular formula is C14H15N3O2. The first-order chi connectivity index (χ1) is 9.16. The fraction of sp³-hybridized carbons (Fsp3) is 0.214. The first-order valence-electron chi connectivity index (χ1n) is 6.04. The molecule has 5 nitrogen and oxygen atoms in total. The molecule has 1 unspecified atom stereocenters. The summed E-state index contributed by atoms with van der Waals surface area (Å²) in [5.74, 6) is 0. The van der Waals surface area contributed by atoms with Gasteiger partial charge in [-0.15, -0.1) is 0 Å². The average molecular weight is 257 g/mol. The summed E-state index contributed by atoms with van der Waals surface area (Å²) in [5.41, 5.74) is 1.95. The Labute approximate surface area is 111 Å². The Hall–Kier alpha value is -2.27. The lowest BCUT2D eigenvalue weighted by molar-refractivity contribution is -0.384. The molecule has 98 valence electrons. The fourth-order valence-corrected chi connectivity index (χ4v) is 1.79. The number of non-ortho nitro benzene ring substituents is 1. The zero-order valence-corrected chi connectivity index (χ0v) is 10.6. The SMILES string of the molecule is CC(NCc1cccc([N+](=O)[O-])c1)c1ccccn1. The molecule has 0 bridgehead atoms. The summed E-state index contributed by atoms with van der Waals surface area (Å²) in [7, 11) is 0. The minimum absolute atomic E-state index is 0.0977. The minimum Gasteiger partial charge on any atom is -0.305 e. The van der Waals surface area contributed by atoms with E-state index in [-0.39, 0.29) is 16.7 Å². The van der Waals surface area contributed by atoms with E-state index in [0.717, 1.165) is 11.3 Å². The van der Waals surface area contributed by atoms with Gasteiger partial charge in [0.2, 0.25) is 0 Å². The predicted octanol–water partition coefficient (Wildman–Crippen LogP) is 2.84. The predicted molar refractivity (Wildman–Crippen MR) is 72.6 cm³/mol. The molecule has 0 aliphatic heterocycles. The Morgan fingerprint density at radius 3 is 2.84 bits per heavy atom. The van der Waals surface area contributed by atoms with E-state index in [0.29, 0.717) is 6.54 Å². The van der Waals surface area contributed by atoms with E-state index in [1.54, 1.807) is 18.3 Å². The van der Waals surface area contributed by atoms with Crippen molar-refractivity contribution < 1.29 is 4.92 Å². The third kappa shape index (κ3) is 3.59. The maximum absolute atomic E-state index is 10.7. The number of hydrogen-bond acceptors (Lipinski definition) is 4. The first kappa shape index (κ1) is 13.2. The van der Waals surface area contributed by atoms with Crippen LogP contribution in [0.3, 0.4) is 0 Å². The van der Waals surface area contributed by atoms with Crippen LogP contribution in [0.2, 0.25) is 0 Å². The van der Waals surface area contributed by atoms with Crippen molar-refractivity contribution >= 4 is 5.69 Å². The number of nitro benzene ring substituents is 1. The van der Waals surface area contributed by atoms with E-state index >= 15 is 0 Å². The second-order valence-electron chi connectivity index (χ2n) is 4.28. The van der Waals surface area contributed by atoms with Gasteiger partial charge in [0.05, 0.1) is 10.6 Å². The summed E-state index contributed by atoms with van der Waals surface area (Å²) in [6.07, 6.45) is 1.75. The summed E-state index contributed by atoms with van der Waals surface area (Å²) in [5, 5.41) is 14.0. The van der Waals surface area contributed by atoms with Gasteiger partial charge >= 0.3 is 0 Å². The van der Waals surface area contributed by atoms with Crippen LogP contribution in [-0.4, -0.2) is 9.91 Å². The number of nitrogens with one attached hydrogen (secondary N) is 1. The van der Waals surface area contributed by atoms with Crippen LogP contribution in [0.1, 0.15) is 24.2 Å². The second kappa shape index (κ2) is 6.06. The smallest absolute Gasteiger partial charge is 0.269 e. The van der Waals surface area contributed by atoms with Crippen molar-refractivity contribution in [1.82, 2.24) is 10.3 Å². The molecule has 1 N–H and O–H groups in total. The zero-order valence-electron chi connectivity index (χ0n) is 10.6. The van der Waals surface area contributed by atoms with E-state index in [9.17, 15) is 10.1 Å². The lowest BCUT2D eigenvalue weighted by Gasteiger charge is -2.13. The summed E-state index contributed by atoms with van der Waals surface area (Å²) in [4.78, 5) is 14.6. The molecule has 0 aliphatic rings. The molecule has 1 atom stereocenters. The minimum atomic E-state index is -0.383. The maximum Gasteiger partial charge on any atom is 0.269 e. The van der Waals surface area contributed by atoms with Crippen LogP contribution in [0.25, 0.3) is 0 Å². The van der Waals surface area contributed by atoms with E-state index in [4.69, 9.17) is 0 Å². The normalized spacial score (nSPS) is 12.1. The van der Waals surface area contributed by atoms with Crippen LogP contribution < -0.4 is 5.32 Å². The number of pyridine rings is 1. The van der Waals surface area contributed by atoms with Crippen molar-refractivity contribution in [3.8, 4) is 0 Å². The topological polar surface area (TPSA) is 68.1 Å². The Morgan fingerprint density at radius 2 is 2.16 bits per heavy atom. The molecule has 2 aromatic rings. The third-order valence-electron chi connectivity index (χ3n) is 2.87. The third-order valence-corrected chi connectivity index (χ3v) is 2.87. The number of nitro groups is 1. The second-order valence-corrected chi connectivity index (χ2v) is 4.28. The molecular weight excluding hydrogens is 242 g/mol. The highest BCUT2D eigenvalue weighted by atomic mass is 16.6. The van der Waals surface area contributed by atoms with Crippen LogP contribution in [0.5, 0.6) is 0 Å². The standard InChI is InChI=1S/C14H15N3O2/c1-11(14-7-2-3-8-15-14)16-10-12-5-4-6-13(9-12)17(18)19/h2-9,11,16H,10H2,1H3. The van der Waals surface area contributed by atoms with Gasteiger partial charge < -0.3 is 5.32 Å². The van der Waals surface area contributed by atoms with Crippen molar-refractivity contribution in [2.75, 3.05) is 0 Å². The number of hydrogen-bond donors (Lipinski definition) is 1. The summed E-state index contributed by atoms with van der Waals surface area (Å²) < 4.78 is 0. The summed E-state index contributed by atoms with van der Waals surface area (Å²) >= 11 is 0. The lowest BCUT2D eigenvalue weighted by Crippen LogP contribution is -2.18. The van der Waals surface area contributed by atoms with E-state index in [2.05, 4.69) is 10.3 Å². The first-order valence-corrected chi connectivity index (χ1v) is 6.04. The van der Waals surface area contributed by atoms with Gasteiger partial charge in [0.25, 0.3) is 5.69 Å².